The summed E-state index contributed by atoms with van der Waals surface area (Å²) in [5.74, 6) is -0.290. The Morgan fingerprint density at radius 2 is 1.17 bits per heavy atom. The highest BCUT2D eigenvalue weighted by molar-refractivity contribution is 5.39. The van der Waals surface area contributed by atoms with Crippen molar-refractivity contribution in [3.8, 4) is 0 Å². The van der Waals surface area contributed by atoms with Gasteiger partial charge in [-0.1, -0.05) is 52.8 Å². The van der Waals surface area contributed by atoms with E-state index in [0.29, 0.717) is 11.1 Å². The van der Waals surface area contributed by atoms with Crippen LogP contribution in [-0.2, 0) is 11.0 Å². The predicted octanol–water partition coefficient (Wildman–Crippen LogP) is 5.42. The predicted molar refractivity (Wildman–Crippen MR) is 75.2 cm³/mol. The summed E-state index contributed by atoms with van der Waals surface area (Å²) in [6.45, 7) is 8.35. The number of aliphatic hydroxyl groups is 1. The molecule has 0 aliphatic carbocycles. The molecule has 0 aliphatic heterocycles. The van der Waals surface area contributed by atoms with Gasteiger partial charge in [0.2, 0.25) is 0 Å². The van der Waals surface area contributed by atoms with Crippen LogP contribution in [0, 0.1) is 0 Å². The fourth-order valence-electron chi connectivity index (χ4n) is 2.11. The lowest BCUT2D eigenvalue weighted by atomic mass is 9.80. The van der Waals surface area contributed by atoms with Crippen molar-refractivity contribution >= 4 is 0 Å². The SMILES string of the molecule is CC(C)c1cc(C(C)(C)C)cc(C(O)(C(F)(F)F)C(F)(F)F)c1. The zero-order valence-corrected chi connectivity index (χ0v) is 13.5. The van der Waals surface area contributed by atoms with Crippen molar-refractivity contribution < 1.29 is 31.4 Å². The summed E-state index contributed by atoms with van der Waals surface area (Å²) >= 11 is 0. The summed E-state index contributed by atoms with van der Waals surface area (Å²) in [7, 11) is 0. The second kappa shape index (κ2) is 5.69. The van der Waals surface area contributed by atoms with Crippen LogP contribution in [0.3, 0.4) is 0 Å². The summed E-state index contributed by atoms with van der Waals surface area (Å²) in [4.78, 5) is 0. The van der Waals surface area contributed by atoms with Gasteiger partial charge >= 0.3 is 12.4 Å². The Bertz CT molecular complexity index is 549. The molecule has 0 fully saturated rings. The number of rotatable bonds is 2. The third kappa shape index (κ3) is 3.65. The van der Waals surface area contributed by atoms with Crippen LogP contribution in [0.2, 0.25) is 0 Å². The van der Waals surface area contributed by atoms with Crippen LogP contribution >= 0.6 is 0 Å². The molecule has 1 aromatic carbocycles. The topological polar surface area (TPSA) is 20.2 Å². The molecule has 7 heteroatoms. The van der Waals surface area contributed by atoms with Gasteiger partial charge in [0.25, 0.3) is 5.60 Å². The fourth-order valence-corrected chi connectivity index (χ4v) is 2.11. The molecule has 1 N–H and O–H groups in total. The van der Waals surface area contributed by atoms with Gasteiger partial charge in [-0.05, 0) is 22.5 Å². The van der Waals surface area contributed by atoms with Crippen molar-refractivity contribution in [1.82, 2.24) is 0 Å². The zero-order valence-electron chi connectivity index (χ0n) is 13.5. The van der Waals surface area contributed by atoms with E-state index in [1.807, 2.05) is 0 Å². The van der Waals surface area contributed by atoms with Gasteiger partial charge in [0, 0.05) is 5.56 Å². The van der Waals surface area contributed by atoms with Crippen molar-refractivity contribution in [2.24, 2.45) is 0 Å². The molecule has 0 heterocycles. The number of benzene rings is 1. The van der Waals surface area contributed by atoms with E-state index in [9.17, 15) is 31.4 Å². The molecule has 0 aliphatic rings. The van der Waals surface area contributed by atoms with E-state index in [1.165, 1.54) is 0 Å². The van der Waals surface area contributed by atoms with Crippen LogP contribution in [0.25, 0.3) is 0 Å². The molecular weight excluding hydrogens is 322 g/mol. The van der Waals surface area contributed by atoms with Gasteiger partial charge < -0.3 is 5.11 Å². The van der Waals surface area contributed by atoms with Gasteiger partial charge in [-0.25, -0.2) is 0 Å². The maximum absolute atomic E-state index is 13.1. The fraction of sp³-hybridized carbons (Fsp3) is 0.625. The Morgan fingerprint density at radius 1 is 0.783 bits per heavy atom. The molecule has 0 amide bonds. The maximum Gasteiger partial charge on any atom is 0.430 e. The van der Waals surface area contributed by atoms with Crippen molar-refractivity contribution in [1.29, 1.82) is 0 Å². The average molecular weight is 342 g/mol. The molecule has 1 rings (SSSR count). The molecule has 132 valence electrons. The van der Waals surface area contributed by atoms with Crippen molar-refractivity contribution in [2.75, 3.05) is 0 Å². The number of alkyl halides is 6. The van der Waals surface area contributed by atoms with Crippen LogP contribution in [0.15, 0.2) is 18.2 Å². The minimum absolute atomic E-state index is 0.290. The normalized spacial score (nSPS) is 14.5. The highest BCUT2D eigenvalue weighted by Gasteiger charge is 2.71. The third-order valence-electron chi connectivity index (χ3n) is 3.73. The minimum Gasteiger partial charge on any atom is -0.369 e. The van der Waals surface area contributed by atoms with Crippen LogP contribution < -0.4 is 0 Å². The minimum atomic E-state index is -5.88. The Balaban J connectivity index is 3.78. The molecule has 0 atom stereocenters. The quantitative estimate of drug-likeness (QED) is 0.712. The van der Waals surface area contributed by atoms with Crippen LogP contribution in [0.4, 0.5) is 26.3 Å². The van der Waals surface area contributed by atoms with Gasteiger partial charge in [0.1, 0.15) is 0 Å². The van der Waals surface area contributed by atoms with Crippen LogP contribution in [0.1, 0.15) is 57.2 Å². The molecule has 0 bridgehead atoms. The monoisotopic (exact) mass is 342 g/mol. The van der Waals surface area contributed by atoms with Gasteiger partial charge in [-0.3, -0.25) is 0 Å². The number of halogens is 6. The molecule has 1 nitrogen and oxygen atoms in total. The first-order valence-corrected chi connectivity index (χ1v) is 7.03. The molecule has 0 saturated heterocycles. The summed E-state index contributed by atoms with van der Waals surface area (Å²) in [5, 5.41) is 9.60. The van der Waals surface area contributed by atoms with Gasteiger partial charge in [0.15, 0.2) is 0 Å². The Morgan fingerprint density at radius 3 is 1.48 bits per heavy atom. The smallest absolute Gasteiger partial charge is 0.369 e. The zero-order chi connectivity index (χ0) is 18.4. The van der Waals surface area contributed by atoms with E-state index in [-0.39, 0.29) is 5.92 Å². The molecule has 23 heavy (non-hydrogen) atoms. The lowest BCUT2D eigenvalue weighted by molar-refractivity contribution is -0.376. The standard InChI is InChI=1S/C16H20F6O/c1-9(2)10-6-11(13(3,4)5)8-12(7-10)14(23,15(17,18)19)16(20,21)22/h6-9,23H,1-5H3. The van der Waals surface area contributed by atoms with E-state index < -0.39 is 28.9 Å². The molecule has 0 saturated carbocycles. The van der Waals surface area contributed by atoms with Crippen molar-refractivity contribution in [3.63, 3.8) is 0 Å². The van der Waals surface area contributed by atoms with Crippen molar-refractivity contribution in [3.05, 3.63) is 34.9 Å². The molecular formula is C16H20F6O. The first-order valence-electron chi connectivity index (χ1n) is 7.03. The van der Waals surface area contributed by atoms with E-state index in [0.717, 1.165) is 12.1 Å². The Labute approximate surface area is 131 Å². The first-order chi connectivity index (χ1) is 10.0. The van der Waals surface area contributed by atoms with Crippen LogP contribution in [-0.4, -0.2) is 17.5 Å². The van der Waals surface area contributed by atoms with E-state index in [2.05, 4.69) is 0 Å². The Hall–Kier alpha value is -1.24. The molecule has 0 aromatic heterocycles. The second-order valence-electron chi connectivity index (χ2n) is 6.95. The van der Waals surface area contributed by atoms with Gasteiger partial charge in [0.05, 0.1) is 0 Å². The summed E-state index contributed by atoms with van der Waals surface area (Å²) in [6, 6.07) is 3.13. The molecule has 0 radical (unpaired) electrons. The highest BCUT2D eigenvalue weighted by Crippen LogP contribution is 2.51. The summed E-state index contributed by atoms with van der Waals surface area (Å²) in [5.41, 5.74) is -6.17. The largest absolute Gasteiger partial charge is 0.430 e. The van der Waals surface area contributed by atoms with Gasteiger partial charge in [-0.2, -0.15) is 26.3 Å². The molecule has 0 spiro atoms. The lowest BCUT2D eigenvalue weighted by Gasteiger charge is -2.34. The second-order valence-corrected chi connectivity index (χ2v) is 6.95. The highest BCUT2D eigenvalue weighted by atomic mass is 19.4. The Kier molecular flexibility index (Phi) is 4.90. The van der Waals surface area contributed by atoms with E-state index >= 15 is 0 Å². The molecule has 0 unspecified atom stereocenters. The third-order valence-corrected chi connectivity index (χ3v) is 3.73. The summed E-state index contributed by atoms with van der Waals surface area (Å²) in [6.07, 6.45) is -11.8. The number of hydrogen-bond donors (Lipinski definition) is 1. The van der Waals surface area contributed by atoms with Gasteiger partial charge in [-0.15, -0.1) is 0 Å². The first kappa shape index (κ1) is 19.8. The van der Waals surface area contributed by atoms with Crippen LogP contribution in [0.5, 0.6) is 0 Å². The lowest BCUT2D eigenvalue weighted by Crippen LogP contribution is -2.54. The molecule has 1 aromatic rings. The van der Waals surface area contributed by atoms with E-state index in [1.54, 1.807) is 40.7 Å². The van der Waals surface area contributed by atoms with Crippen molar-refractivity contribution in [2.45, 2.75) is 63.9 Å². The summed E-state index contributed by atoms with van der Waals surface area (Å²) < 4.78 is 78.5. The average Bonchev–Trinajstić information content (AvgIpc) is 2.33. The maximum atomic E-state index is 13.1. The van der Waals surface area contributed by atoms with E-state index in [4.69, 9.17) is 0 Å². The number of hydrogen-bond acceptors (Lipinski definition) is 1.